The number of aromatic nitrogens is 1. The number of rotatable bonds is 9. The number of carbonyl (C=O) groups is 1. The van der Waals surface area contributed by atoms with E-state index < -0.39 is 51.7 Å². The van der Waals surface area contributed by atoms with E-state index in [1.807, 2.05) is 0 Å². The maximum atomic E-state index is 15.1. The van der Waals surface area contributed by atoms with E-state index in [0.717, 1.165) is 67.1 Å². The van der Waals surface area contributed by atoms with Crippen LogP contribution in [-0.4, -0.2) is 60.8 Å². The fraction of sp³-hybridized carbons (Fsp3) is 0.333. The van der Waals surface area contributed by atoms with Gasteiger partial charge in [0.05, 0.1) is 44.0 Å². The molecule has 1 saturated heterocycles. The zero-order valence-electron chi connectivity index (χ0n) is 20.8. The van der Waals surface area contributed by atoms with Gasteiger partial charge < -0.3 is 19.7 Å². The normalized spacial score (nSPS) is 14.9. The zero-order chi connectivity index (χ0) is 27.4. The Balaban J connectivity index is 1.56. The van der Waals surface area contributed by atoms with Crippen molar-refractivity contribution in [2.45, 2.75) is 13.3 Å². The molecule has 1 aromatic heterocycles. The molecule has 4 rings (SSSR count). The number of morpholine rings is 1. The molecule has 1 aliphatic heterocycles. The number of hydrogen-bond acceptors (Lipinski definition) is 5. The minimum absolute atomic E-state index is 0.0685. The lowest BCUT2D eigenvalue weighted by molar-refractivity contribution is -0.933. The number of nitrogens with two attached hydrogens (primary N) is 1. The van der Waals surface area contributed by atoms with Gasteiger partial charge in [-0.05, 0) is 25.1 Å². The number of carbonyl (C=O) groups excluding carboxylic acids is 1. The Labute approximate surface area is 216 Å². The number of nitrogen functional groups attached to an aromatic ring is 1. The molecule has 0 amide bonds. The third-order valence-electron chi connectivity index (χ3n) is 6.90. The number of pyridine rings is 1. The van der Waals surface area contributed by atoms with E-state index in [2.05, 4.69) is 6.92 Å². The number of halogens is 4. The number of ketones is 1. The van der Waals surface area contributed by atoms with Crippen LogP contribution in [0.15, 0.2) is 47.3 Å². The minimum atomic E-state index is -1.15. The van der Waals surface area contributed by atoms with Gasteiger partial charge in [-0.15, -0.1) is 0 Å². The van der Waals surface area contributed by atoms with E-state index in [4.69, 9.17) is 15.2 Å². The predicted octanol–water partition coefficient (Wildman–Crippen LogP) is 3.84. The lowest BCUT2D eigenvalue weighted by Gasteiger charge is -2.40. The van der Waals surface area contributed by atoms with Crippen LogP contribution in [0.1, 0.15) is 29.3 Å². The largest absolute Gasteiger partial charge is 0.493 e. The molecular weight excluding hydrogens is 506 g/mol. The molecule has 0 atom stereocenters. The number of hydrogen-bond donors (Lipinski definition) is 1. The maximum absolute atomic E-state index is 15.1. The molecule has 11 heteroatoms. The van der Waals surface area contributed by atoms with E-state index in [-0.39, 0.29) is 17.9 Å². The molecule has 0 unspecified atom stereocenters. The zero-order valence-corrected chi connectivity index (χ0v) is 20.8. The van der Waals surface area contributed by atoms with Gasteiger partial charge in [-0.25, -0.2) is 17.6 Å². The number of benzene rings is 2. The van der Waals surface area contributed by atoms with Crippen molar-refractivity contribution in [3.63, 3.8) is 0 Å². The molecule has 0 saturated carbocycles. The van der Waals surface area contributed by atoms with Crippen LogP contribution in [0.2, 0.25) is 0 Å². The molecular formula is C27H28F4N3O4+. The standard InChI is InChI=1S/C27H27F4N3O4/c1-2-34(9-12-37-13-10-34)8-3-11-38-18-15-22(30)25(23(31)16-18)33-24(35)7-6-20(27(33)32)26(36)19-5-4-17(28)14-21(19)29/h4-7,14-16H,2-3,8-13H2,1H3,(H-,32,35,36)/p+1. The van der Waals surface area contributed by atoms with Gasteiger partial charge in [0.15, 0.2) is 17.4 Å². The van der Waals surface area contributed by atoms with Crippen LogP contribution in [0.5, 0.6) is 5.75 Å². The summed E-state index contributed by atoms with van der Waals surface area (Å²) < 4.78 is 70.0. The molecule has 0 aliphatic carbocycles. The van der Waals surface area contributed by atoms with Gasteiger partial charge in [-0.3, -0.25) is 14.2 Å². The van der Waals surface area contributed by atoms with Gasteiger partial charge in [0, 0.05) is 30.7 Å². The Morgan fingerprint density at radius 1 is 1.00 bits per heavy atom. The molecule has 7 nitrogen and oxygen atoms in total. The molecule has 2 aromatic carbocycles. The monoisotopic (exact) mass is 534 g/mol. The fourth-order valence-corrected chi connectivity index (χ4v) is 4.65. The quantitative estimate of drug-likeness (QED) is 0.195. The average molecular weight is 535 g/mol. The first-order valence-electron chi connectivity index (χ1n) is 12.2. The van der Waals surface area contributed by atoms with Crippen LogP contribution in [0.3, 0.4) is 0 Å². The molecule has 202 valence electrons. The number of likely N-dealkylation sites (N-methyl/N-ethyl adjacent to an activating group) is 1. The molecule has 1 fully saturated rings. The Kier molecular flexibility index (Phi) is 8.17. The lowest BCUT2D eigenvalue weighted by atomic mass is 10.0. The van der Waals surface area contributed by atoms with Gasteiger partial charge in [-0.1, -0.05) is 0 Å². The van der Waals surface area contributed by atoms with E-state index >= 15 is 8.78 Å². The molecule has 0 bridgehead atoms. The Morgan fingerprint density at radius 2 is 1.66 bits per heavy atom. The van der Waals surface area contributed by atoms with Crippen molar-refractivity contribution in [2.75, 3.05) is 51.7 Å². The summed E-state index contributed by atoms with van der Waals surface area (Å²) in [7, 11) is 0. The highest BCUT2D eigenvalue weighted by atomic mass is 19.1. The van der Waals surface area contributed by atoms with Crippen molar-refractivity contribution in [1.82, 2.24) is 4.57 Å². The maximum Gasteiger partial charge on any atom is 0.256 e. The first-order chi connectivity index (χ1) is 18.2. The van der Waals surface area contributed by atoms with Crippen LogP contribution < -0.4 is 16.0 Å². The second-order valence-electron chi connectivity index (χ2n) is 9.14. The van der Waals surface area contributed by atoms with Gasteiger partial charge in [0.2, 0.25) is 0 Å². The topological polar surface area (TPSA) is 83.5 Å². The summed E-state index contributed by atoms with van der Waals surface area (Å²) in [6.45, 7) is 7.33. The van der Waals surface area contributed by atoms with E-state index in [0.29, 0.717) is 30.3 Å². The van der Waals surface area contributed by atoms with Crippen LogP contribution in [0.25, 0.3) is 5.69 Å². The van der Waals surface area contributed by atoms with Crippen molar-refractivity contribution < 1.29 is 36.3 Å². The van der Waals surface area contributed by atoms with E-state index in [9.17, 15) is 18.4 Å². The molecule has 3 aromatic rings. The van der Waals surface area contributed by atoms with Crippen LogP contribution >= 0.6 is 0 Å². The summed E-state index contributed by atoms with van der Waals surface area (Å²) in [5.74, 6) is -5.98. The van der Waals surface area contributed by atoms with Crippen molar-refractivity contribution in [3.8, 4) is 11.4 Å². The summed E-state index contributed by atoms with van der Waals surface area (Å²) in [5, 5.41) is 0. The number of anilines is 1. The summed E-state index contributed by atoms with van der Waals surface area (Å²) >= 11 is 0. The third kappa shape index (κ3) is 5.58. The second-order valence-corrected chi connectivity index (χ2v) is 9.14. The van der Waals surface area contributed by atoms with Crippen LogP contribution in [0.4, 0.5) is 23.4 Å². The van der Waals surface area contributed by atoms with E-state index in [1.165, 1.54) is 0 Å². The summed E-state index contributed by atoms with van der Waals surface area (Å²) in [5.41, 5.74) is 3.35. The fourth-order valence-electron chi connectivity index (χ4n) is 4.65. The van der Waals surface area contributed by atoms with Crippen molar-refractivity contribution in [1.29, 1.82) is 0 Å². The molecule has 1 aliphatic rings. The van der Waals surface area contributed by atoms with Crippen LogP contribution in [0, 0.1) is 23.3 Å². The first-order valence-corrected chi connectivity index (χ1v) is 12.2. The summed E-state index contributed by atoms with van der Waals surface area (Å²) in [4.78, 5) is 25.4. The van der Waals surface area contributed by atoms with Gasteiger partial charge in [0.1, 0.15) is 42.0 Å². The van der Waals surface area contributed by atoms with Crippen molar-refractivity contribution >= 4 is 11.6 Å². The van der Waals surface area contributed by atoms with E-state index in [1.54, 1.807) is 0 Å². The lowest BCUT2D eigenvalue weighted by Crippen LogP contribution is -2.55. The van der Waals surface area contributed by atoms with Crippen molar-refractivity contribution in [3.05, 3.63) is 87.2 Å². The minimum Gasteiger partial charge on any atom is -0.493 e. The smallest absolute Gasteiger partial charge is 0.256 e. The Bertz CT molecular complexity index is 1380. The summed E-state index contributed by atoms with van der Waals surface area (Å²) in [6, 6.07) is 6.07. The molecule has 0 spiro atoms. The average Bonchev–Trinajstić information content (AvgIpc) is 2.88. The SMILES string of the molecule is CC[N+]1(CCCOc2cc(F)c(-n3c(N)c(C(=O)c4ccc(F)cc4F)ccc3=O)c(F)c2)CCOCC1. The highest BCUT2D eigenvalue weighted by Crippen LogP contribution is 2.27. The molecule has 2 N–H and O–H groups in total. The molecule has 38 heavy (non-hydrogen) atoms. The Morgan fingerprint density at radius 3 is 2.29 bits per heavy atom. The van der Waals surface area contributed by atoms with Crippen molar-refractivity contribution in [2.24, 2.45) is 0 Å². The number of ether oxygens (including phenoxy) is 2. The predicted molar refractivity (Wildman–Crippen MR) is 132 cm³/mol. The highest BCUT2D eigenvalue weighted by molar-refractivity contribution is 6.11. The number of nitrogens with zero attached hydrogens (tertiary/aromatic N) is 2. The third-order valence-corrected chi connectivity index (χ3v) is 6.90. The first kappa shape index (κ1) is 27.3. The summed E-state index contributed by atoms with van der Waals surface area (Å²) in [6.07, 6.45) is 0.662. The molecule has 0 radical (unpaired) electrons. The van der Waals surface area contributed by atoms with Gasteiger partial charge >= 0.3 is 0 Å². The Hall–Kier alpha value is -3.70. The van der Waals surface area contributed by atoms with Gasteiger partial charge in [0.25, 0.3) is 5.56 Å². The number of quaternary nitrogens is 1. The van der Waals surface area contributed by atoms with Crippen LogP contribution in [-0.2, 0) is 4.74 Å². The second kappa shape index (κ2) is 11.4. The molecule has 2 heterocycles. The highest BCUT2D eigenvalue weighted by Gasteiger charge is 2.28. The van der Waals surface area contributed by atoms with Gasteiger partial charge in [-0.2, -0.15) is 0 Å².